The van der Waals surface area contributed by atoms with E-state index in [1.54, 1.807) is 23.9 Å². The smallest absolute Gasteiger partial charge is 0.305 e. The molecular weight excluding hydrogens is 262 g/mol. The number of pyridine rings is 1. The molecule has 1 fully saturated rings. The molecule has 1 aliphatic heterocycles. The van der Waals surface area contributed by atoms with Crippen molar-refractivity contribution in [1.29, 1.82) is 5.26 Å². The molecule has 1 atom stereocenters. The van der Waals surface area contributed by atoms with Crippen LogP contribution in [-0.4, -0.2) is 40.2 Å². The lowest BCUT2D eigenvalue weighted by Crippen LogP contribution is -2.44. The third kappa shape index (κ3) is 3.38. The van der Waals surface area contributed by atoms with Crippen LogP contribution < -0.4 is 4.90 Å². The van der Waals surface area contributed by atoms with Crippen molar-refractivity contribution in [2.75, 3.05) is 23.0 Å². The highest BCUT2D eigenvalue weighted by Gasteiger charge is 2.26. The number of carboxylic acid groups (broad SMARTS) is 1. The van der Waals surface area contributed by atoms with Crippen molar-refractivity contribution in [1.82, 2.24) is 4.98 Å². The second-order valence-electron chi connectivity index (χ2n) is 4.49. The summed E-state index contributed by atoms with van der Waals surface area (Å²) in [5.74, 6) is 1.64. The molecule has 0 spiro atoms. The van der Waals surface area contributed by atoms with Crippen LogP contribution in [0.3, 0.4) is 0 Å². The van der Waals surface area contributed by atoms with Crippen LogP contribution in [0.5, 0.6) is 0 Å². The van der Waals surface area contributed by atoms with Gasteiger partial charge in [0.05, 0.1) is 18.1 Å². The fourth-order valence-corrected chi connectivity index (χ4v) is 3.25. The van der Waals surface area contributed by atoms with Crippen LogP contribution in [0.25, 0.3) is 0 Å². The predicted molar refractivity (Wildman–Crippen MR) is 74.4 cm³/mol. The summed E-state index contributed by atoms with van der Waals surface area (Å²) in [6.45, 7) is 2.61. The van der Waals surface area contributed by atoms with Crippen LogP contribution in [-0.2, 0) is 4.79 Å². The Labute approximate surface area is 116 Å². The summed E-state index contributed by atoms with van der Waals surface area (Å²) in [6, 6.07) is 5.52. The molecule has 0 aromatic carbocycles. The molecular formula is C13H15N3O2S. The van der Waals surface area contributed by atoms with Crippen LogP contribution in [0, 0.1) is 18.3 Å². The monoisotopic (exact) mass is 277 g/mol. The molecule has 1 unspecified atom stereocenters. The summed E-state index contributed by atoms with van der Waals surface area (Å²) in [6.07, 6.45) is 0.102. The molecule has 1 saturated heterocycles. The summed E-state index contributed by atoms with van der Waals surface area (Å²) >= 11 is 1.76. The standard InChI is InChI=1S/C13H15N3O2S/c1-9-4-10(7-14)5-12(15-9)16-2-3-19-8-11(16)6-13(17)18/h4-5,11H,2-3,6,8H2,1H3,(H,17,18). The van der Waals surface area contributed by atoms with Crippen LogP contribution in [0.15, 0.2) is 12.1 Å². The lowest BCUT2D eigenvalue weighted by atomic mass is 10.1. The van der Waals surface area contributed by atoms with Crippen molar-refractivity contribution in [2.45, 2.75) is 19.4 Å². The van der Waals surface area contributed by atoms with Gasteiger partial charge in [0.25, 0.3) is 0 Å². The minimum absolute atomic E-state index is 0.0582. The second kappa shape index (κ2) is 5.93. The van der Waals surface area contributed by atoms with E-state index in [4.69, 9.17) is 10.4 Å². The SMILES string of the molecule is Cc1cc(C#N)cc(N2CCSCC2CC(=O)O)n1. The molecule has 100 valence electrons. The first-order valence-corrected chi connectivity index (χ1v) is 7.20. The number of aryl methyl sites for hydroxylation is 1. The quantitative estimate of drug-likeness (QED) is 0.905. The molecule has 1 aromatic rings. The topological polar surface area (TPSA) is 77.2 Å². The second-order valence-corrected chi connectivity index (χ2v) is 5.64. The Morgan fingerprint density at radius 3 is 3.16 bits per heavy atom. The molecule has 1 aliphatic rings. The molecule has 2 heterocycles. The Morgan fingerprint density at radius 1 is 1.68 bits per heavy atom. The van der Waals surface area contributed by atoms with E-state index >= 15 is 0 Å². The Morgan fingerprint density at radius 2 is 2.47 bits per heavy atom. The average molecular weight is 277 g/mol. The number of anilines is 1. The van der Waals surface area contributed by atoms with Crippen molar-refractivity contribution < 1.29 is 9.90 Å². The highest BCUT2D eigenvalue weighted by Crippen LogP contribution is 2.25. The largest absolute Gasteiger partial charge is 0.481 e. The van der Waals surface area contributed by atoms with E-state index in [1.807, 2.05) is 11.8 Å². The first kappa shape index (κ1) is 13.7. The van der Waals surface area contributed by atoms with Crippen molar-refractivity contribution in [2.24, 2.45) is 0 Å². The van der Waals surface area contributed by atoms with Crippen LogP contribution >= 0.6 is 11.8 Å². The number of nitrogens with zero attached hydrogens (tertiary/aromatic N) is 3. The molecule has 0 aliphatic carbocycles. The fourth-order valence-electron chi connectivity index (χ4n) is 2.19. The van der Waals surface area contributed by atoms with Crippen LogP contribution in [0.4, 0.5) is 5.82 Å². The Bertz CT molecular complexity index is 527. The molecule has 19 heavy (non-hydrogen) atoms. The third-order valence-electron chi connectivity index (χ3n) is 3.00. The van der Waals surface area contributed by atoms with Gasteiger partial charge in [0.1, 0.15) is 5.82 Å². The van der Waals surface area contributed by atoms with Gasteiger partial charge >= 0.3 is 5.97 Å². The van der Waals surface area contributed by atoms with E-state index in [0.717, 1.165) is 23.7 Å². The summed E-state index contributed by atoms with van der Waals surface area (Å²) in [7, 11) is 0. The Kier molecular flexibility index (Phi) is 4.27. The normalized spacial score (nSPS) is 18.9. The van der Waals surface area contributed by atoms with Crippen molar-refractivity contribution >= 4 is 23.5 Å². The van der Waals surface area contributed by atoms with Gasteiger partial charge in [0.15, 0.2) is 0 Å². The Balaban J connectivity index is 2.29. The maximum atomic E-state index is 10.9. The lowest BCUT2D eigenvalue weighted by Gasteiger charge is -2.35. The first-order chi connectivity index (χ1) is 9.10. The van der Waals surface area contributed by atoms with E-state index < -0.39 is 5.97 Å². The van der Waals surface area contributed by atoms with Gasteiger partial charge in [-0.2, -0.15) is 17.0 Å². The molecule has 0 saturated carbocycles. The number of hydrogen-bond acceptors (Lipinski definition) is 5. The third-order valence-corrected chi connectivity index (χ3v) is 4.09. The summed E-state index contributed by atoms with van der Waals surface area (Å²) < 4.78 is 0. The number of aromatic nitrogens is 1. The zero-order valence-corrected chi connectivity index (χ0v) is 11.5. The number of carboxylic acids is 1. The first-order valence-electron chi connectivity index (χ1n) is 6.05. The summed E-state index contributed by atoms with van der Waals surface area (Å²) in [4.78, 5) is 17.4. The average Bonchev–Trinajstić information content (AvgIpc) is 2.38. The van der Waals surface area contributed by atoms with Gasteiger partial charge in [0.2, 0.25) is 0 Å². The molecule has 1 N–H and O–H groups in total. The number of rotatable bonds is 3. The van der Waals surface area contributed by atoms with Crippen molar-refractivity contribution in [3.05, 3.63) is 23.4 Å². The number of aliphatic carboxylic acids is 1. The van der Waals surface area contributed by atoms with Gasteiger partial charge in [-0.25, -0.2) is 4.98 Å². The molecule has 2 rings (SSSR count). The number of nitriles is 1. The van der Waals surface area contributed by atoms with Crippen molar-refractivity contribution in [3.8, 4) is 6.07 Å². The molecule has 6 heteroatoms. The van der Waals surface area contributed by atoms with E-state index in [1.165, 1.54) is 0 Å². The summed E-state index contributed by atoms with van der Waals surface area (Å²) in [5.41, 5.74) is 1.34. The predicted octanol–water partition coefficient (Wildman–Crippen LogP) is 1.66. The Hall–Kier alpha value is -1.74. The highest BCUT2D eigenvalue weighted by molar-refractivity contribution is 7.99. The van der Waals surface area contributed by atoms with E-state index in [2.05, 4.69) is 11.1 Å². The lowest BCUT2D eigenvalue weighted by molar-refractivity contribution is -0.137. The maximum Gasteiger partial charge on any atom is 0.305 e. The zero-order chi connectivity index (χ0) is 13.8. The molecule has 0 amide bonds. The summed E-state index contributed by atoms with van der Waals surface area (Å²) in [5, 5.41) is 18.0. The van der Waals surface area contributed by atoms with Gasteiger partial charge in [-0.1, -0.05) is 0 Å². The van der Waals surface area contributed by atoms with Gasteiger partial charge in [-0.15, -0.1) is 0 Å². The minimum Gasteiger partial charge on any atom is -0.481 e. The molecule has 0 radical (unpaired) electrons. The van der Waals surface area contributed by atoms with Crippen LogP contribution in [0.1, 0.15) is 17.7 Å². The molecule has 1 aromatic heterocycles. The van der Waals surface area contributed by atoms with E-state index in [0.29, 0.717) is 11.4 Å². The van der Waals surface area contributed by atoms with Crippen molar-refractivity contribution in [3.63, 3.8) is 0 Å². The zero-order valence-electron chi connectivity index (χ0n) is 10.7. The minimum atomic E-state index is -0.800. The van der Waals surface area contributed by atoms with Crippen LogP contribution in [0.2, 0.25) is 0 Å². The number of carbonyl (C=O) groups is 1. The number of hydrogen-bond donors (Lipinski definition) is 1. The molecule has 5 nitrogen and oxygen atoms in total. The number of thioether (sulfide) groups is 1. The van der Waals surface area contributed by atoms with Gasteiger partial charge < -0.3 is 10.0 Å². The van der Waals surface area contributed by atoms with Gasteiger partial charge in [0, 0.05) is 29.8 Å². The van der Waals surface area contributed by atoms with E-state index in [-0.39, 0.29) is 12.5 Å². The molecule has 0 bridgehead atoms. The highest BCUT2D eigenvalue weighted by atomic mass is 32.2. The van der Waals surface area contributed by atoms with Gasteiger partial charge in [-0.3, -0.25) is 4.79 Å². The van der Waals surface area contributed by atoms with Gasteiger partial charge in [-0.05, 0) is 19.1 Å². The maximum absolute atomic E-state index is 10.9. The fraction of sp³-hybridized carbons (Fsp3) is 0.462. The van der Waals surface area contributed by atoms with E-state index in [9.17, 15) is 4.79 Å².